The average molecular weight is 302 g/mol. The monoisotopic (exact) mass is 301 g/mol. The summed E-state index contributed by atoms with van der Waals surface area (Å²) >= 11 is 0. The van der Waals surface area contributed by atoms with Crippen LogP contribution in [0.3, 0.4) is 0 Å². The van der Waals surface area contributed by atoms with Gasteiger partial charge in [0.05, 0.1) is 0 Å². The summed E-state index contributed by atoms with van der Waals surface area (Å²) in [6.45, 7) is 9.29. The van der Waals surface area contributed by atoms with E-state index in [1.165, 1.54) is 69.8 Å². The fraction of sp³-hybridized carbons (Fsp3) is 0.727. The molecular weight excluding hydrogens is 264 g/mol. The van der Waals surface area contributed by atoms with Gasteiger partial charge in [0.25, 0.3) is 0 Å². The van der Waals surface area contributed by atoms with Crippen LogP contribution < -0.4 is 0 Å². The van der Waals surface area contributed by atoms with Crippen LogP contribution in [0.4, 0.5) is 0 Å². The van der Waals surface area contributed by atoms with Crippen molar-refractivity contribution in [1.82, 2.24) is 0 Å². The Kier molecular flexibility index (Phi) is 10.3. The molecule has 0 aromatic heterocycles. The number of benzene rings is 1. The van der Waals surface area contributed by atoms with Gasteiger partial charge in [-0.1, -0.05) is 84.4 Å². The standard InChI is InChI=1S/C22H37/c1-19(2)13-7-5-9-15-21-17-11-12-18-22(21)16-10-6-8-14-20(3)4/h11-12,17,19-20H,5-10,13-16H2,1-4H3. The van der Waals surface area contributed by atoms with Crippen molar-refractivity contribution in [2.24, 2.45) is 11.8 Å². The van der Waals surface area contributed by atoms with Crippen molar-refractivity contribution in [3.63, 3.8) is 0 Å². The molecule has 0 saturated heterocycles. The summed E-state index contributed by atoms with van der Waals surface area (Å²) in [5.74, 6) is 1.70. The van der Waals surface area contributed by atoms with Gasteiger partial charge in [-0.25, -0.2) is 0 Å². The normalized spacial score (nSPS) is 11.5. The zero-order valence-corrected chi connectivity index (χ0v) is 15.5. The molecule has 0 unspecified atom stereocenters. The van der Waals surface area contributed by atoms with Gasteiger partial charge in [-0.3, -0.25) is 0 Å². The molecule has 0 heteroatoms. The molecule has 22 heavy (non-hydrogen) atoms. The minimum Gasteiger partial charge on any atom is -0.0628 e. The second-order valence-electron chi connectivity index (χ2n) is 7.66. The van der Waals surface area contributed by atoms with E-state index in [4.69, 9.17) is 0 Å². The van der Waals surface area contributed by atoms with Gasteiger partial charge in [0, 0.05) is 0 Å². The molecule has 1 aromatic carbocycles. The van der Waals surface area contributed by atoms with E-state index in [-0.39, 0.29) is 0 Å². The molecule has 0 aliphatic carbocycles. The number of hydrogen-bond donors (Lipinski definition) is 0. The van der Waals surface area contributed by atoms with Crippen molar-refractivity contribution in [3.8, 4) is 0 Å². The lowest BCUT2D eigenvalue weighted by molar-refractivity contribution is 0.523. The number of hydrogen-bond acceptors (Lipinski definition) is 0. The molecule has 0 nitrogen and oxygen atoms in total. The molecule has 0 spiro atoms. The summed E-state index contributed by atoms with van der Waals surface area (Å²) in [7, 11) is 0. The van der Waals surface area contributed by atoms with E-state index >= 15 is 0 Å². The van der Waals surface area contributed by atoms with Gasteiger partial charge in [-0.2, -0.15) is 0 Å². The van der Waals surface area contributed by atoms with Crippen LogP contribution in [0.15, 0.2) is 18.2 Å². The summed E-state index contributed by atoms with van der Waals surface area (Å²) in [4.78, 5) is 0. The van der Waals surface area contributed by atoms with Crippen molar-refractivity contribution >= 4 is 0 Å². The molecule has 0 N–H and O–H groups in total. The molecule has 0 fully saturated rings. The Balaban J connectivity index is 2.26. The van der Waals surface area contributed by atoms with Gasteiger partial charge in [0.15, 0.2) is 0 Å². The van der Waals surface area contributed by atoms with Crippen molar-refractivity contribution in [2.45, 2.75) is 91.9 Å². The van der Waals surface area contributed by atoms with Gasteiger partial charge < -0.3 is 0 Å². The van der Waals surface area contributed by atoms with Crippen LogP contribution in [0.5, 0.6) is 0 Å². The molecule has 1 rings (SSSR count). The van der Waals surface area contributed by atoms with Gasteiger partial charge in [0.1, 0.15) is 0 Å². The fourth-order valence-corrected chi connectivity index (χ4v) is 3.05. The van der Waals surface area contributed by atoms with E-state index < -0.39 is 0 Å². The largest absolute Gasteiger partial charge is 0.0628 e. The lowest BCUT2D eigenvalue weighted by atomic mass is 9.95. The van der Waals surface area contributed by atoms with Crippen molar-refractivity contribution in [3.05, 3.63) is 35.4 Å². The van der Waals surface area contributed by atoms with Gasteiger partial charge >= 0.3 is 0 Å². The van der Waals surface area contributed by atoms with Crippen LogP contribution in [-0.2, 0) is 12.8 Å². The lowest BCUT2D eigenvalue weighted by Crippen LogP contribution is -1.96. The highest BCUT2D eigenvalue weighted by Crippen LogP contribution is 2.17. The third-order valence-corrected chi connectivity index (χ3v) is 4.47. The lowest BCUT2D eigenvalue weighted by Gasteiger charge is -2.10. The smallest absolute Gasteiger partial charge is 0.0146 e. The summed E-state index contributed by atoms with van der Waals surface area (Å²) < 4.78 is 0. The maximum absolute atomic E-state index is 3.50. The summed E-state index contributed by atoms with van der Waals surface area (Å²) in [5, 5.41) is 0. The van der Waals surface area contributed by atoms with Crippen LogP contribution in [-0.4, -0.2) is 0 Å². The van der Waals surface area contributed by atoms with E-state index in [2.05, 4.69) is 52.0 Å². The quantitative estimate of drug-likeness (QED) is 0.364. The van der Waals surface area contributed by atoms with Crippen LogP contribution in [0.25, 0.3) is 0 Å². The highest BCUT2D eigenvalue weighted by atomic mass is 14.1. The third kappa shape index (κ3) is 9.28. The van der Waals surface area contributed by atoms with E-state index in [0.717, 1.165) is 11.8 Å². The number of unbranched alkanes of at least 4 members (excludes halogenated alkanes) is 4. The molecule has 0 bridgehead atoms. The van der Waals surface area contributed by atoms with E-state index in [0.29, 0.717) is 0 Å². The molecular formula is C22H37. The molecule has 1 aromatic rings. The minimum absolute atomic E-state index is 0.852. The number of aryl methyl sites for hydroxylation is 2. The zero-order chi connectivity index (χ0) is 16.2. The van der Waals surface area contributed by atoms with E-state index in [1.54, 1.807) is 5.56 Å². The second kappa shape index (κ2) is 11.7. The topological polar surface area (TPSA) is 0 Å². The van der Waals surface area contributed by atoms with Gasteiger partial charge in [0.2, 0.25) is 0 Å². The van der Waals surface area contributed by atoms with Crippen LogP contribution in [0.1, 0.15) is 90.2 Å². The highest BCUT2D eigenvalue weighted by Gasteiger charge is 2.03. The highest BCUT2D eigenvalue weighted by molar-refractivity contribution is 5.26. The van der Waals surface area contributed by atoms with Crippen molar-refractivity contribution in [1.29, 1.82) is 0 Å². The second-order valence-corrected chi connectivity index (χ2v) is 7.66. The van der Waals surface area contributed by atoms with Gasteiger partial charge in [-0.05, 0) is 54.7 Å². The Morgan fingerprint density at radius 1 is 0.773 bits per heavy atom. The fourth-order valence-electron chi connectivity index (χ4n) is 3.05. The van der Waals surface area contributed by atoms with Crippen LogP contribution >= 0.6 is 0 Å². The Hall–Kier alpha value is -0.780. The maximum atomic E-state index is 3.50. The molecule has 0 heterocycles. The van der Waals surface area contributed by atoms with Gasteiger partial charge in [-0.15, -0.1) is 0 Å². The maximum Gasteiger partial charge on any atom is -0.0146 e. The molecule has 0 atom stereocenters. The minimum atomic E-state index is 0.852. The first-order valence-corrected chi connectivity index (χ1v) is 9.58. The predicted octanol–water partition coefficient (Wildman–Crippen LogP) is 7.00. The van der Waals surface area contributed by atoms with E-state index in [1.807, 2.05) is 0 Å². The first kappa shape index (κ1) is 19.3. The molecule has 1 radical (unpaired) electrons. The van der Waals surface area contributed by atoms with E-state index in [9.17, 15) is 0 Å². The summed E-state index contributed by atoms with van der Waals surface area (Å²) in [5.41, 5.74) is 3.03. The predicted molar refractivity (Wildman–Crippen MR) is 99.3 cm³/mol. The molecule has 0 saturated carbocycles. The Labute approximate surface area is 139 Å². The Morgan fingerprint density at radius 3 is 1.95 bits per heavy atom. The number of rotatable bonds is 12. The van der Waals surface area contributed by atoms with Crippen LogP contribution in [0.2, 0.25) is 0 Å². The first-order chi connectivity index (χ1) is 10.6. The molecule has 0 aliphatic rings. The Bertz CT molecular complexity index is 338. The summed E-state index contributed by atoms with van der Waals surface area (Å²) in [6, 6.07) is 10.1. The van der Waals surface area contributed by atoms with Crippen molar-refractivity contribution in [2.75, 3.05) is 0 Å². The summed E-state index contributed by atoms with van der Waals surface area (Å²) in [6.07, 6.45) is 13.4. The molecule has 0 aliphatic heterocycles. The Morgan fingerprint density at radius 2 is 1.36 bits per heavy atom. The molecule has 0 amide bonds. The van der Waals surface area contributed by atoms with Crippen LogP contribution in [0, 0.1) is 17.9 Å². The first-order valence-electron chi connectivity index (χ1n) is 9.58. The zero-order valence-electron chi connectivity index (χ0n) is 15.5. The molecule has 125 valence electrons. The third-order valence-electron chi connectivity index (χ3n) is 4.47. The SMILES string of the molecule is CC(C)CCCCCc1[c]cccc1CCCCCC(C)C. The van der Waals surface area contributed by atoms with Crippen molar-refractivity contribution < 1.29 is 0 Å². The average Bonchev–Trinajstić information content (AvgIpc) is 2.47.